The van der Waals surface area contributed by atoms with Crippen molar-refractivity contribution in [2.24, 2.45) is 0 Å². The lowest BCUT2D eigenvalue weighted by Crippen LogP contribution is -2.30. The van der Waals surface area contributed by atoms with Gasteiger partial charge in [-0.2, -0.15) is 5.26 Å². The summed E-state index contributed by atoms with van der Waals surface area (Å²) in [5, 5.41) is 12.1. The highest BCUT2D eigenvalue weighted by Gasteiger charge is 2.17. The lowest BCUT2D eigenvalue weighted by atomic mass is 10.2. The van der Waals surface area contributed by atoms with Crippen LogP contribution in [0.25, 0.3) is 0 Å². The molecular formula is C17H15ClN2O3. The second-order valence-corrected chi connectivity index (χ2v) is 5.17. The summed E-state index contributed by atoms with van der Waals surface area (Å²) in [6.45, 7) is 1.62. The number of carbonyl (C=O) groups excluding carboxylic acids is 1. The number of benzene rings is 2. The lowest BCUT2D eigenvalue weighted by Gasteiger charge is -2.17. The van der Waals surface area contributed by atoms with Crippen molar-refractivity contribution in [2.75, 3.05) is 12.4 Å². The van der Waals surface area contributed by atoms with Gasteiger partial charge in [-0.3, -0.25) is 4.79 Å². The SMILES string of the molecule is COc1cc(C#N)ccc1OC(C)C(=O)Nc1cccc(Cl)c1. The van der Waals surface area contributed by atoms with Crippen LogP contribution in [0.5, 0.6) is 11.5 Å². The summed E-state index contributed by atoms with van der Waals surface area (Å²) in [7, 11) is 1.47. The summed E-state index contributed by atoms with van der Waals surface area (Å²) in [6, 6.07) is 13.6. The minimum Gasteiger partial charge on any atom is -0.493 e. The molecule has 0 radical (unpaired) electrons. The molecule has 1 amide bonds. The van der Waals surface area contributed by atoms with Crippen molar-refractivity contribution in [2.45, 2.75) is 13.0 Å². The molecule has 1 unspecified atom stereocenters. The van der Waals surface area contributed by atoms with Crippen LogP contribution in [0.3, 0.4) is 0 Å². The van der Waals surface area contributed by atoms with Crippen LogP contribution in [0.15, 0.2) is 42.5 Å². The van der Waals surface area contributed by atoms with Gasteiger partial charge in [0, 0.05) is 16.8 Å². The summed E-state index contributed by atoms with van der Waals surface area (Å²) >= 11 is 5.88. The highest BCUT2D eigenvalue weighted by Crippen LogP contribution is 2.29. The molecule has 0 spiro atoms. The van der Waals surface area contributed by atoms with Gasteiger partial charge < -0.3 is 14.8 Å². The van der Waals surface area contributed by atoms with E-state index in [0.717, 1.165) is 0 Å². The zero-order valence-electron chi connectivity index (χ0n) is 12.7. The Bertz CT molecular complexity index is 756. The molecule has 118 valence electrons. The number of amides is 1. The zero-order chi connectivity index (χ0) is 16.8. The molecule has 23 heavy (non-hydrogen) atoms. The number of nitrogens with zero attached hydrogens (tertiary/aromatic N) is 1. The number of hydrogen-bond donors (Lipinski definition) is 1. The second-order valence-electron chi connectivity index (χ2n) is 4.74. The van der Waals surface area contributed by atoms with Gasteiger partial charge in [0.2, 0.25) is 0 Å². The molecule has 6 heteroatoms. The Morgan fingerprint density at radius 2 is 2.04 bits per heavy atom. The third-order valence-electron chi connectivity index (χ3n) is 3.06. The van der Waals surface area contributed by atoms with E-state index in [-0.39, 0.29) is 5.91 Å². The number of ether oxygens (including phenoxy) is 2. The van der Waals surface area contributed by atoms with Crippen LogP contribution >= 0.6 is 11.6 Å². The van der Waals surface area contributed by atoms with Crippen LogP contribution in [-0.4, -0.2) is 19.1 Å². The molecule has 0 aliphatic carbocycles. The van der Waals surface area contributed by atoms with Gasteiger partial charge in [0.15, 0.2) is 17.6 Å². The van der Waals surface area contributed by atoms with Gasteiger partial charge in [0.1, 0.15) is 0 Å². The van der Waals surface area contributed by atoms with Crippen molar-refractivity contribution in [3.8, 4) is 17.6 Å². The van der Waals surface area contributed by atoms with Gasteiger partial charge in [0.25, 0.3) is 5.91 Å². The molecule has 2 rings (SSSR count). The van der Waals surface area contributed by atoms with Crippen molar-refractivity contribution in [1.29, 1.82) is 5.26 Å². The predicted octanol–water partition coefficient (Wildman–Crippen LogP) is 3.63. The van der Waals surface area contributed by atoms with E-state index in [1.54, 1.807) is 49.4 Å². The molecule has 0 heterocycles. The first-order valence-corrected chi connectivity index (χ1v) is 7.22. The Morgan fingerprint density at radius 3 is 2.70 bits per heavy atom. The number of nitrogens with one attached hydrogen (secondary N) is 1. The Hall–Kier alpha value is -2.71. The van der Waals surface area contributed by atoms with Crippen LogP contribution in [-0.2, 0) is 4.79 Å². The summed E-state index contributed by atoms with van der Waals surface area (Å²) in [5.41, 5.74) is 1.04. The van der Waals surface area contributed by atoms with Crippen LogP contribution in [0, 0.1) is 11.3 Å². The maximum absolute atomic E-state index is 12.2. The van der Waals surface area contributed by atoms with Crippen molar-refractivity contribution >= 4 is 23.2 Å². The minimum atomic E-state index is -0.754. The maximum Gasteiger partial charge on any atom is 0.265 e. The number of methoxy groups -OCH3 is 1. The topological polar surface area (TPSA) is 71.3 Å². The van der Waals surface area contributed by atoms with Gasteiger partial charge in [-0.05, 0) is 37.3 Å². The van der Waals surface area contributed by atoms with Crippen LogP contribution in [0.2, 0.25) is 5.02 Å². The Labute approximate surface area is 139 Å². The van der Waals surface area contributed by atoms with E-state index in [2.05, 4.69) is 5.32 Å². The monoisotopic (exact) mass is 330 g/mol. The first kappa shape index (κ1) is 16.7. The molecule has 0 saturated carbocycles. The number of nitriles is 1. The van der Waals surface area contributed by atoms with Crippen molar-refractivity contribution < 1.29 is 14.3 Å². The summed E-state index contributed by atoms with van der Waals surface area (Å²) in [6.07, 6.45) is -0.754. The molecule has 5 nitrogen and oxygen atoms in total. The van der Waals surface area contributed by atoms with Gasteiger partial charge in [-0.1, -0.05) is 17.7 Å². The highest BCUT2D eigenvalue weighted by atomic mass is 35.5. The standard InChI is InChI=1S/C17H15ClN2O3/c1-11(17(21)20-14-5-3-4-13(18)9-14)23-15-7-6-12(10-19)8-16(15)22-2/h3-9,11H,1-2H3,(H,20,21). The van der Waals surface area contributed by atoms with Crippen LogP contribution in [0.1, 0.15) is 12.5 Å². The van der Waals surface area contributed by atoms with Gasteiger partial charge >= 0.3 is 0 Å². The average Bonchev–Trinajstić information content (AvgIpc) is 2.55. The predicted molar refractivity (Wildman–Crippen MR) is 87.9 cm³/mol. The molecule has 0 aliphatic rings. The molecule has 2 aromatic carbocycles. The molecule has 1 atom stereocenters. The van der Waals surface area contributed by atoms with E-state index >= 15 is 0 Å². The lowest BCUT2D eigenvalue weighted by molar-refractivity contribution is -0.122. The Morgan fingerprint density at radius 1 is 1.26 bits per heavy atom. The van der Waals surface area contributed by atoms with E-state index in [0.29, 0.717) is 27.8 Å². The minimum absolute atomic E-state index is 0.321. The number of carbonyl (C=O) groups is 1. The number of hydrogen-bond acceptors (Lipinski definition) is 4. The van der Waals surface area contributed by atoms with Crippen molar-refractivity contribution in [3.63, 3.8) is 0 Å². The first-order valence-electron chi connectivity index (χ1n) is 6.84. The maximum atomic E-state index is 12.2. The molecule has 0 bridgehead atoms. The molecule has 0 saturated heterocycles. The zero-order valence-corrected chi connectivity index (χ0v) is 13.4. The van der Waals surface area contributed by atoms with E-state index < -0.39 is 6.10 Å². The fourth-order valence-electron chi connectivity index (χ4n) is 1.89. The smallest absolute Gasteiger partial charge is 0.265 e. The van der Waals surface area contributed by atoms with Crippen LogP contribution < -0.4 is 14.8 Å². The van der Waals surface area contributed by atoms with E-state index in [1.807, 2.05) is 6.07 Å². The van der Waals surface area contributed by atoms with Crippen molar-refractivity contribution in [3.05, 3.63) is 53.1 Å². The Balaban J connectivity index is 2.08. The molecule has 0 aromatic heterocycles. The van der Waals surface area contributed by atoms with E-state index in [1.165, 1.54) is 7.11 Å². The third kappa shape index (κ3) is 4.38. The Kier molecular flexibility index (Phi) is 5.45. The van der Waals surface area contributed by atoms with Gasteiger partial charge in [-0.15, -0.1) is 0 Å². The molecule has 1 N–H and O–H groups in total. The fraction of sp³-hybridized carbons (Fsp3) is 0.176. The molecule has 2 aromatic rings. The fourth-order valence-corrected chi connectivity index (χ4v) is 2.08. The van der Waals surface area contributed by atoms with Crippen molar-refractivity contribution in [1.82, 2.24) is 0 Å². The van der Waals surface area contributed by atoms with E-state index in [9.17, 15) is 4.79 Å². The number of rotatable bonds is 5. The van der Waals surface area contributed by atoms with E-state index in [4.69, 9.17) is 26.3 Å². The largest absolute Gasteiger partial charge is 0.493 e. The molecular weight excluding hydrogens is 316 g/mol. The summed E-state index contributed by atoms with van der Waals surface area (Å²) in [5.74, 6) is 0.463. The third-order valence-corrected chi connectivity index (χ3v) is 3.29. The summed E-state index contributed by atoms with van der Waals surface area (Å²) in [4.78, 5) is 12.2. The average molecular weight is 331 g/mol. The number of halogens is 1. The number of anilines is 1. The highest BCUT2D eigenvalue weighted by molar-refractivity contribution is 6.30. The van der Waals surface area contributed by atoms with Gasteiger partial charge in [-0.25, -0.2) is 0 Å². The summed E-state index contributed by atoms with van der Waals surface area (Å²) < 4.78 is 10.8. The quantitative estimate of drug-likeness (QED) is 0.908. The van der Waals surface area contributed by atoms with Crippen LogP contribution in [0.4, 0.5) is 5.69 Å². The normalized spacial score (nSPS) is 11.2. The molecule has 0 aliphatic heterocycles. The first-order chi connectivity index (χ1) is 11.0. The molecule has 0 fully saturated rings. The second kappa shape index (κ2) is 7.52. The van der Waals surface area contributed by atoms with Gasteiger partial charge in [0.05, 0.1) is 18.7 Å².